The van der Waals surface area contributed by atoms with E-state index in [2.05, 4.69) is 0 Å². The SMILES string of the molecule is CC(C)CN(C(=O)COC(=O)CSc1ccc(Cl)cc1)C1CCS(=O)(=O)C1. The Balaban J connectivity index is 1.85. The number of nitrogens with zero attached hydrogens (tertiary/aromatic N) is 1. The standard InChI is InChI=1S/C18H24ClNO5S2/c1-13(2)9-20(15-7-8-27(23,24)12-15)17(21)10-25-18(22)11-26-16-5-3-14(19)4-6-16/h3-6,13,15H,7-12H2,1-2H3. The highest BCUT2D eigenvalue weighted by Gasteiger charge is 2.35. The molecule has 0 aromatic heterocycles. The maximum absolute atomic E-state index is 12.5. The summed E-state index contributed by atoms with van der Waals surface area (Å²) in [6.07, 6.45) is 0.432. The van der Waals surface area contributed by atoms with Crippen molar-refractivity contribution in [3.63, 3.8) is 0 Å². The molecule has 0 aliphatic carbocycles. The summed E-state index contributed by atoms with van der Waals surface area (Å²) in [4.78, 5) is 26.9. The second-order valence-corrected chi connectivity index (χ2v) is 10.6. The first kappa shape index (κ1) is 22.0. The zero-order valence-corrected chi connectivity index (χ0v) is 17.8. The van der Waals surface area contributed by atoms with Crippen molar-refractivity contribution in [3.8, 4) is 0 Å². The predicted molar refractivity (Wildman–Crippen MR) is 107 cm³/mol. The second-order valence-electron chi connectivity index (χ2n) is 6.90. The van der Waals surface area contributed by atoms with Crippen molar-refractivity contribution in [1.82, 2.24) is 4.90 Å². The Labute approximate surface area is 169 Å². The molecule has 1 aliphatic rings. The second kappa shape index (κ2) is 9.80. The highest BCUT2D eigenvalue weighted by atomic mass is 35.5. The van der Waals surface area contributed by atoms with Gasteiger partial charge in [-0.15, -0.1) is 11.8 Å². The highest BCUT2D eigenvalue weighted by Crippen LogP contribution is 2.21. The molecule has 1 atom stereocenters. The number of carbonyl (C=O) groups excluding carboxylic acids is 2. The average molecular weight is 434 g/mol. The highest BCUT2D eigenvalue weighted by molar-refractivity contribution is 8.00. The molecular formula is C18H24ClNO5S2. The first-order valence-electron chi connectivity index (χ1n) is 8.70. The van der Waals surface area contributed by atoms with E-state index in [0.29, 0.717) is 18.0 Å². The van der Waals surface area contributed by atoms with Crippen LogP contribution in [0.5, 0.6) is 0 Å². The Hall–Kier alpha value is -1.25. The summed E-state index contributed by atoms with van der Waals surface area (Å²) in [7, 11) is -3.10. The Bertz CT molecular complexity index is 764. The molecule has 2 rings (SSSR count). The van der Waals surface area contributed by atoms with Gasteiger partial charge in [-0.25, -0.2) is 8.42 Å². The summed E-state index contributed by atoms with van der Waals surface area (Å²) in [5.41, 5.74) is 0. The molecule has 1 amide bonds. The van der Waals surface area contributed by atoms with Crippen LogP contribution in [0.4, 0.5) is 0 Å². The monoisotopic (exact) mass is 433 g/mol. The summed E-state index contributed by atoms with van der Waals surface area (Å²) in [6, 6.07) is 6.73. The van der Waals surface area contributed by atoms with Crippen LogP contribution in [-0.2, 0) is 24.2 Å². The lowest BCUT2D eigenvalue weighted by Gasteiger charge is -2.29. The minimum absolute atomic E-state index is 0.0220. The van der Waals surface area contributed by atoms with E-state index in [0.717, 1.165) is 4.90 Å². The Morgan fingerprint density at radius 1 is 1.30 bits per heavy atom. The number of benzene rings is 1. The van der Waals surface area contributed by atoms with Gasteiger partial charge in [-0.2, -0.15) is 0 Å². The van der Waals surface area contributed by atoms with Gasteiger partial charge in [0.1, 0.15) is 0 Å². The molecule has 1 fully saturated rings. The number of hydrogen-bond acceptors (Lipinski definition) is 6. The maximum Gasteiger partial charge on any atom is 0.316 e. The number of carbonyl (C=O) groups is 2. The van der Waals surface area contributed by atoms with Gasteiger partial charge in [-0.05, 0) is 36.6 Å². The summed E-state index contributed by atoms with van der Waals surface area (Å²) in [6.45, 7) is 3.98. The summed E-state index contributed by atoms with van der Waals surface area (Å²) < 4.78 is 28.5. The van der Waals surface area contributed by atoms with Gasteiger partial charge < -0.3 is 9.64 Å². The fourth-order valence-corrected chi connectivity index (χ4v) is 5.36. The lowest BCUT2D eigenvalue weighted by Crippen LogP contribution is -2.45. The van der Waals surface area contributed by atoms with E-state index in [-0.39, 0.29) is 41.7 Å². The third-order valence-electron chi connectivity index (χ3n) is 4.06. The molecule has 150 valence electrons. The normalized spacial score (nSPS) is 18.4. The zero-order valence-electron chi connectivity index (χ0n) is 15.4. The van der Waals surface area contributed by atoms with Crippen LogP contribution in [0.2, 0.25) is 5.02 Å². The lowest BCUT2D eigenvalue weighted by atomic mass is 10.1. The number of thioether (sulfide) groups is 1. The topological polar surface area (TPSA) is 80.8 Å². The molecule has 1 saturated heterocycles. The molecule has 0 bridgehead atoms. The summed E-state index contributed by atoms with van der Waals surface area (Å²) >= 11 is 7.11. The Kier molecular flexibility index (Phi) is 8.00. The maximum atomic E-state index is 12.5. The predicted octanol–water partition coefficient (Wildman–Crippen LogP) is 2.65. The van der Waals surface area contributed by atoms with Crippen LogP contribution in [0.15, 0.2) is 29.2 Å². The van der Waals surface area contributed by atoms with E-state index < -0.39 is 15.8 Å². The van der Waals surface area contributed by atoms with Gasteiger partial charge in [0, 0.05) is 22.5 Å². The third-order valence-corrected chi connectivity index (χ3v) is 7.05. The molecule has 0 spiro atoms. The number of esters is 1. The van der Waals surface area contributed by atoms with Crippen molar-refractivity contribution < 1.29 is 22.7 Å². The first-order valence-corrected chi connectivity index (χ1v) is 11.9. The van der Waals surface area contributed by atoms with Crippen molar-refractivity contribution in [1.29, 1.82) is 0 Å². The largest absolute Gasteiger partial charge is 0.455 e. The number of ether oxygens (including phenoxy) is 1. The van der Waals surface area contributed by atoms with Crippen molar-refractivity contribution >= 4 is 45.1 Å². The molecule has 0 saturated carbocycles. The molecule has 1 heterocycles. The first-order chi connectivity index (χ1) is 12.7. The van der Waals surface area contributed by atoms with Gasteiger partial charge in [-0.1, -0.05) is 25.4 Å². The van der Waals surface area contributed by atoms with Gasteiger partial charge in [0.2, 0.25) is 0 Å². The van der Waals surface area contributed by atoms with Crippen LogP contribution in [-0.4, -0.2) is 61.6 Å². The van der Waals surface area contributed by atoms with Gasteiger partial charge in [0.25, 0.3) is 5.91 Å². The van der Waals surface area contributed by atoms with Gasteiger partial charge >= 0.3 is 5.97 Å². The number of sulfone groups is 1. The summed E-state index contributed by atoms with van der Waals surface area (Å²) in [5, 5.41) is 0.617. The van der Waals surface area contributed by atoms with E-state index in [1.54, 1.807) is 29.2 Å². The van der Waals surface area contributed by atoms with E-state index >= 15 is 0 Å². The molecule has 1 aromatic carbocycles. The third kappa shape index (κ3) is 7.35. The molecule has 1 unspecified atom stereocenters. The molecule has 0 N–H and O–H groups in total. The molecule has 1 aromatic rings. The molecule has 0 radical (unpaired) electrons. The lowest BCUT2D eigenvalue weighted by molar-refractivity contribution is -0.151. The van der Waals surface area contributed by atoms with Crippen molar-refractivity contribution in [2.24, 2.45) is 5.92 Å². The Morgan fingerprint density at radius 3 is 2.52 bits per heavy atom. The molecular weight excluding hydrogens is 410 g/mol. The number of rotatable bonds is 8. The van der Waals surface area contributed by atoms with Crippen LogP contribution in [0.1, 0.15) is 20.3 Å². The van der Waals surface area contributed by atoms with Gasteiger partial charge in [-0.3, -0.25) is 9.59 Å². The van der Waals surface area contributed by atoms with Crippen LogP contribution < -0.4 is 0 Å². The number of halogens is 1. The smallest absolute Gasteiger partial charge is 0.316 e. The van der Waals surface area contributed by atoms with Crippen molar-refractivity contribution in [3.05, 3.63) is 29.3 Å². The van der Waals surface area contributed by atoms with Crippen LogP contribution in [0.3, 0.4) is 0 Å². The molecule has 1 aliphatic heterocycles. The van der Waals surface area contributed by atoms with Crippen LogP contribution in [0, 0.1) is 5.92 Å². The Morgan fingerprint density at radius 2 is 1.96 bits per heavy atom. The summed E-state index contributed by atoms with van der Waals surface area (Å²) in [5.74, 6) is -0.504. The fraction of sp³-hybridized carbons (Fsp3) is 0.556. The minimum Gasteiger partial charge on any atom is -0.455 e. The zero-order chi connectivity index (χ0) is 20.0. The minimum atomic E-state index is -3.10. The van der Waals surface area contributed by atoms with E-state index in [1.807, 2.05) is 13.8 Å². The van der Waals surface area contributed by atoms with E-state index in [1.165, 1.54) is 11.8 Å². The number of hydrogen-bond donors (Lipinski definition) is 0. The van der Waals surface area contributed by atoms with Gasteiger partial charge in [0.15, 0.2) is 16.4 Å². The van der Waals surface area contributed by atoms with E-state index in [4.69, 9.17) is 16.3 Å². The molecule has 9 heteroatoms. The quantitative estimate of drug-likeness (QED) is 0.463. The average Bonchev–Trinajstić information content (AvgIpc) is 2.96. The fourth-order valence-electron chi connectivity index (χ4n) is 2.81. The van der Waals surface area contributed by atoms with Crippen molar-refractivity contribution in [2.45, 2.75) is 31.2 Å². The molecule has 27 heavy (non-hydrogen) atoms. The van der Waals surface area contributed by atoms with Crippen LogP contribution in [0.25, 0.3) is 0 Å². The number of amides is 1. The van der Waals surface area contributed by atoms with Gasteiger partial charge in [0.05, 0.1) is 17.3 Å². The molecule has 6 nitrogen and oxygen atoms in total. The van der Waals surface area contributed by atoms with E-state index in [9.17, 15) is 18.0 Å². The van der Waals surface area contributed by atoms with Crippen molar-refractivity contribution in [2.75, 3.05) is 30.4 Å². The van der Waals surface area contributed by atoms with Crippen LogP contribution >= 0.6 is 23.4 Å².